The Morgan fingerprint density at radius 1 is 0.449 bits per heavy atom. The predicted molar refractivity (Wildman–Crippen MR) is 341 cm³/mol. The smallest absolute Gasteiger partial charge is 0.408 e. The van der Waals surface area contributed by atoms with E-state index in [1.165, 1.54) is 11.1 Å². The molecule has 408 valence electrons. The molecule has 1 aliphatic heterocycles. The van der Waals surface area contributed by atoms with Crippen LogP contribution in [0.5, 0.6) is 17.2 Å². The molecule has 0 saturated heterocycles. The highest BCUT2D eigenvalue weighted by molar-refractivity contribution is 9.11. The third kappa shape index (κ3) is 11.9. The molecule has 0 spiro atoms. The van der Waals surface area contributed by atoms with Gasteiger partial charge in [0, 0.05) is 37.5 Å². The largest absolute Gasteiger partial charge is 0.532 e. The molecule has 78 heavy (non-hydrogen) atoms. The standard InChI is InChI=1S/C65H74Br2O7P2Si2/c1-62(2,3)41-29-46(39-25-21-19-22-26-39)56-48(31-41)49-32-42(63(4,5)6)30-47(40-27-23-20-24-28-40)57(49)70-75(69-56)72-59-50(33-43(64(7,8)9)35-54(59)77(13,14)15)51-34-44(65(10,11)12)36-55(78(16,17)18)60(51)73-76-71-58-52(61(68)74-76)37-45(66)38-53(58)67/h19-38H,1-18H3. The maximum atomic E-state index is 13.9. The lowest BCUT2D eigenvalue weighted by atomic mass is 9.82. The summed E-state index contributed by atoms with van der Waals surface area (Å²) in [4.78, 5) is 13.9. The Bertz CT molecular complexity index is 3560. The van der Waals surface area contributed by atoms with Gasteiger partial charge in [0.15, 0.2) is 16.9 Å². The van der Waals surface area contributed by atoms with Gasteiger partial charge in [0.1, 0.15) is 17.1 Å². The number of carbonyl (C=O) groups is 1. The Morgan fingerprint density at radius 3 is 1.23 bits per heavy atom. The second-order valence-corrected chi connectivity index (χ2v) is 40.7. The molecule has 2 heterocycles. The highest BCUT2D eigenvalue weighted by Crippen LogP contribution is 2.54. The Morgan fingerprint density at radius 2 is 0.833 bits per heavy atom. The summed E-state index contributed by atoms with van der Waals surface area (Å²) in [7, 11) is -9.22. The highest BCUT2D eigenvalue weighted by atomic mass is 79.9. The van der Waals surface area contributed by atoms with E-state index in [4.69, 9.17) is 26.5 Å². The van der Waals surface area contributed by atoms with Gasteiger partial charge in [0.2, 0.25) is 0 Å². The van der Waals surface area contributed by atoms with E-state index in [0.29, 0.717) is 38.5 Å². The van der Waals surface area contributed by atoms with Crippen LogP contribution in [0.1, 0.15) is 116 Å². The molecule has 0 bridgehead atoms. The van der Waals surface area contributed by atoms with Gasteiger partial charge in [0.05, 0.1) is 20.6 Å². The van der Waals surface area contributed by atoms with E-state index in [1.54, 1.807) is 6.07 Å². The fourth-order valence-corrected chi connectivity index (χ4v) is 16.3. The zero-order chi connectivity index (χ0) is 56.8. The van der Waals surface area contributed by atoms with Gasteiger partial charge < -0.3 is 26.5 Å². The molecule has 8 aromatic rings. The average molecular weight is 1250 g/mol. The van der Waals surface area contributed by atoms with E-state index in [9.17, 15) is 4.79 Å². The first-order valence-corrected chi connectivity index (χ1v) is 37.5. The second kappa shape index (κ2) is 20.9. The zero-order valence-electron chi connectivity index (χ0n) is 48.6. The van der Waals surface area contributed by atoms with Gasteiger partial charge in [-0.15, -0.1) is 0 Å². The molecule has 1 unspecified atom stereocenters. The Hall–Kier alpha value is -4.87. The Balaban J connectivity index is 1.44. The molecule has 0 fully saturated rings. The molecule has 1 aromatic heterocycles. The summed E-state index contributed by atoms with van der Waals surface area (Å²) >= 11 is 7.20. The van der Waals surface area contributed by atoms with Crippen LogP contribution in [0.2, 0.25) is 39.3 Å². The van der Waals surface area contributed by atoms with E-state index in [0.717, 1.165) is 70.1 Å². The minimum absolute atomic E-state index is 0.206. The lowest BCUT2D eigenvalue weighted by molar-refractivity contribution is 0.0697. The van der Waals surface area contributed by atoms with Crippen molar-refractivity contribution in [3.8, 4) is 50.6 Å². The molecule has 9 rings (SSSR count). The lowest BCUT2D eigenvalue weighted by Gasteiger charge is -2.32. The minimum atomic E-state index is -2.35. The molecule has 7 nitrogen and oxygen atoms in total. The molecule has 7 aromatic carbocycles. The number of benzene rings is 7. The topological polar surface area (TPSA) is 80.3 Å². The number of halogens is 2. The lowest BCUT2D eigenvalue weighted by Crippen LogP contribution is -2.40. The first kappa shape index (κ1) is 57.8. The Kier molecular flexibility index (Phi) is 15.5. The van der Waals surface area contributed by atoms with Gasteiger partial charge in [0.25, 0.3) is 0 Å². The van der Waals surface area contributed by atoms with Crippen LogP contribution >= 0.6 is 48.7 Å². The number of fused-ring (bicyclic) bond motifs is 4. The number of carbonyl (C=O) groups excluding carboxylic acids is 1. The van der Waals surface area contributed by atoms with Crippen LogP contribution in [0.3, 0.4) is 0 Å². The van der Waals surface area contributed by atoms with E-state index >= 15 is 0 Å². The SMILES string of the molecule is CC(C)(C)c1cc(-c2cc(C(C)(C)C)cc([Si](C)(C)C)c2Op2oc3c(-c4ccccc4)cc(C(C)(C)C)cc3c3cc(C(C)(C)C)cc(-c4ccccc4)c3o2)c(OP2OC(=O)c3cc(Br)cc(Br)c3O2)c([Si](C)(C)C)c1. The van der Waals surface area contributed by atoms with Gasteiger partial charge >= 0.3 is 22.8 Å². The average Bonchev–Trinajstić information content (AvgIpc) is 3.65. The molecule has 0 aliphatic carbocycles. The fraction of sp³-hybridized carbons (Fsp3) is 0.338. The summed E-state index contributed by atoms with van der Waals surface area (Å²) in [6.45, 7) is 41.1. The van der Waals surface area contributed by atoms with Crippen LogP contribution in [-0.4, -0.2) is 22.1 Å². The van der Waals surface area contributed by atoms with E-state index in [-0.39, 0.29) is 21.7 Å². The molecular weight excluding hydrogens is 1170 g/mol. The van der Waals surface area contributed by atoms with Crippen LogP contribution in [0.4, 0.5) is 0 Å². The van der Waals surface area contributed by atoms with Gasteiger partial charge in [-0.1, -0.05) is 211 Å². The molecular formula is C65H74Br2O7P2Si2. The molecule has 1 aliphatic rings. The summed E-state index contributed by atoms with van der Waals surface area (Å²) in [6.07, 6.45) is 0. The zero-order valence-corrected chi connectivity index (χ0v) is 55.5. The predicted octanol–water partition coefficient (Wildman–Crippen LogP) is 20.8. The Labute approximate surface area is 483 Å². The van der Waals surface area contributed by atoms with Crippen molar-refractivity contribution in [1.29, 1.82) is 0 Å². The van der Waals surface area contributed by atoms with Crippen molar-refractivity contribution in [2.45, 2.75) is 144 Å². The van der Waals surface area contributed by atoms with Gasteiger partial charge in [-0.2, -0.15) is 0 Å². The fourth-order valence-electron chi connectivity index (χ4n) is 9.63. The normalized spacial score (nSPS) is 14.5. The van der Waals surface area contributed by atoms with E-state index < -0.39 is 39.0 Å². The summed E-state index contributed by atoms with van der Waals surface area (Å²) in [6, 6.07) is 43.0. The molecule has 0 radical (unpaired) electrons. The monoisotopic (exact) mass is 1240 g/mol. The number of hydrogen-bond acceptors (Lipinski definition) is 7. The van der Waals surface area contributed by atoms with E-state index in [2.05, 4.69) is 263 Å². The summed E-state index contributed by atoms with van der Waals surface area (Å²) in [5.74, 6) is 1.13. The van der Waals surface area contributed by atoms with Crippen LogP contribution in [0, 0.1) is 0 Å². The first-order valence-electron chi connectivity index (χ1n) is 26.7. The van der Waals surface area contributed by atoms with Crippen LogP contribution in [0.25, 0.3) is 55.3 Å². The van der Waals surface area contributed by atoms with Crippen LogP contribution in [0.15, 0.2) is 139 Å². The van der Waals surface area contributed by atoms with Crippen molar-refractivity contribution in [2.75, 3.05) is 0 Å². The number of hydrogen-bond donors (Lipinski definition) is 0. The summed E-state index contributed by atoms with van der Waals surface area (Å²) in [5, 5.41) is 4.06. The molecule has 13 heteroatoms. The molecule has 0 N–H and O–H groups in total. The van der Waals surface area contributed by atoms with Crippen molar-refractivity contribution in [1.82, 2.24) is 0 Å². The first-order chi connectivity index (χ1) is 36.2. The number of rotatable bonds is 9. The van der Waals surface area contributed by atoms with E-state index in [1.807, 2.05) is 6.07 Å². The minimum Gasteiger partial charge on any atom is -0.408 e. The third-order valence-corrected chi connectivity index (χ3v) is 21.4. The van der Waals surface area contributed by atoms with Gasteiger partial charge in [-0.25, -0.2) is 4.79 Å². The van der Waals surface area contributed by atoms with Crippen LogP contribution < -0.4 is 23.9 Å². The molecule has 0 amide bonds. The van der Waals surface area contributed by atoms with Crippen molar-refractivity contribution in [3.05, 3.63) is 158 Å². The second-order valence-electron chi connectivity index (χ2n) is 26.9. The van der Waals surface area contributed by atoms with Crippen molar-refractivity contribution in [3.63, 3.8) is 0 Å². The van der Waals surface area contributed by atoms with Gasteiger partial charge in [-0.05, 0) is 130 Å². The summed E-state index contributed by atoms with van der Waals surface area (Å²) < 4.78 is 44.2. The maximum Gasteiger partial charge on any atom is 0.532 e. The van der Waals surface area contributed by atoms with Crippen LogP contribution in [-0.2, 0) is 26.2 Å². The third-order valence-electron chi connectivity index (χ3n) is 14.4. The summed E-state index contributed by atoms with van der Waals surface area (Å²) in [5.41, 5.74) is 11.0. The quantitative estimate of drug-likeness (QED) is 0.105. The highest BCUT2D eigenvalue weighted by Gasteiger charge is 2.39. The van der Waals surface area contributed by atoms with Gasteiger partial charge in [-0.3, -0.25) is 0 Å². The maximum absolute atomic E-state index is 13.9. The van der Waals surface area contributed by atoms with Crippen molar-refractivity contribution >= 4 is 103 Å². The van der Waals surface area contributed by atoms with Crippen molar-refractivity contribution < 1.29 is 31.3 Å². The molecule has 1 atom stereocenters. The van der Waals surface area contributed by atoms with Crippen molar-refractivity contribution in [2.24, 2.45) is 0 Å². The molecule has 0 saturated carbocycles.